The van der Waals surface area contributed by atoms with E-state index in [4.69, 9.17) is 15.2 Å². The maximum atomic E-state index is 13.6. The number of carbonyl (C=O) groups is 1. The number of benzene rings is 1. The van der Waals surface area contributed by atoms with Crippen molar-refractivity contribution in [2.75, 3.05) is 18.6 Å². The van der Waals surface area contributed by atoms with Gasteiger partial charge in [0.2, 0.25) is 5.88 Å². The van der Waals surface area contributed by atoms with Crippen molar-refractivity contribution in [3.63, 3.8) is 0 Å². The first kappa shape index (κ1) is 31.8. The number of hydrogen-bond donors (Lipinski definition) is 1. The Morgan fingerprint density at radius 2 is 1.76 bits per heavy atom. The summed E-state index contributed by atoms with van der Waals surface area (Å²) in [7, 11) is 1.41. The van der Waals surface area contributed by atoms with Gasteiger partial charge in [-0.2, -0.15) is 26.3 Å². The first-order valence-electron chi connectivity index (χ1n) is 12.9. The average Bonchev–Trinajstić information content (AvgIpc) is 2.91. The van der Waals surface area contributed by atoms with Crippen molar-refractivity contribution in [1.29, 1.82) is 0 Å². The largest absolute Gasteiger partial charge is 0.481 e. The number of rotatable bonds is 6. The molecular formula is C27H28F6IN5O3. The number of amides is 1. The number of anilines is 1. The van der Waals surface area contributed by atoms with Crippen molar-refractivity contribution in [3.05, 3.63) is 62.5 Å². The minimum absolute atomic E-state index is 0.0938. The molecule has 2 N–H and O–H groups in total. The molecular weight excluding hydrogens is 683 g/mol. The minimum atomic E-state index is -4.99. The Morgan fingerprint density at radius 3 is 2.31 bits per heavy atom. The Bertz CT molecular complexity index is 1370. The zero-order valence-electron chi connectivity index (χ0n) is 22.8. The molecule has 1 unspecified atom stereocenters. The summed E-state index contributed by atoms with van der Waals surface area (Å²) in [5.74, 6) is -0.414. The van der Waals surface area contributed by atoms with Crippen LogP contribution >= 0.6 is 22.6 Å². The van der Waals surface area contributed by atoms with Crippen LogP contribution in [0.15, 0.2) is 45.1 Å². The molecule has 228 valence electrons. The number of halogens is 7. The normalized spacial score (nSPS) is 22.5. The Kier molecular flexibility index (Phi) is 9.02. The molecule has 2 aliphatic heterocycles. The fraction of sp³-hybridized carbons (Fsp3) is 0.444. The summed E-state index contributed by atoms with van der Waals surface area (Å²) in [6, 6.07) is 4.65. The summed E-state index contributed by atoms with van der Waals surface area (Å²) in [6.45, 7) is 3.21. The van der Waals surface area contributed by atoms with E-state index in [1.54, 1.807) is 43.3 Å². The summed E-state index contributed by atoms with van der Waals surface area (Å²) >= 11 is 1.96. The fourth-order valence-electron chi connectivity index (χ4n) is 5.15. The van der Waals surface area contributed by atoms with Crippen LogP contribution in [-0.2, 0) is 23.6 Å². The zero-order chi connectivity index (χ0) is 31.0. The van der Waals surface area contributed by atoms with Crippen LogP contribution in [0.25, 0.3) is 0 Å². The topological polar surface area (TPSA) is 93.3 Å². The fourth-order valence-corrected chi connectivity index (χ4v) is 5.67. The summed E-state index contributed by atoms with van der Waals surface area (Å²) < 4.78 is 92.6. The van der Waals surface area contributed by atoms with Gasteiger partial charge in [0.1, 0.15) is 6.17 Å². The van der Waals surface area contributed by atoms with E-state index in [1.165, 1.54) is 12.0 Å². The quantitative estimate of drug-likeness (QED) is 0.261. The van der Waals surface area contributed by atoms with E-state index in [-0.39, 0.29) is 37.1 Å². The van der Waals surface area contributed by atoms with Gasteiger partial charge in [-0.25, -0.2) is 9.78 Å². The van der Waals surface area contributed by atoms with E-state index >= 15 is 0 Å². The highest BCUT2D eigenvalue weighted by Gasteiger charge is 2.49. The molecule has 1 aromatic carbocycles. The summed E-state index contributed by atoms with van der Waals surface area (Å²) in [6.07, 6.45) is -7.95. The lowest BCUT2D eigenvalue weighted by Gasteiger charge is -2.49. The van der Waals surface area contributed by atoms with E-state index in [9.17, 15) is 31.1 Å². The number of pyridine rings is 1. The van der Waals surface area contributed by atoms with Crippen LogP contribution in [0, 0.1) is 0 Å². The molecule has 2 aromatic rings. The molecule has 15 heteroatoms. The van der Waals surface area contributed by atoms with Gasteiger partial charge < -0.3 is 20.1 Å². The second kappa shape index (κ2) is 11.9. The van der Waals surface area contributed by atoms with E-state index < -0.39 is 47.3 Å². The van der Waals surface area contributed by atoms with Crippen LogP contribution in [-0.4, -0.2) is 47.7 Å². The molecule has 0 radical (unpaired) electrons. The van der Waals surface area contributed by atoms with E-state index in [2.05, 4.69) is 9.98 Å². The van der Waals surface area contributed by atoms with E-state index in [0.717, 1.165) is 0 Å². The first-order chi connectivity index (χ1) is 19.6. The average molecular weight is 711 g/mol. The molecule has 42 heavy (non-hydrogen) atoms. The SMILES string of the molecule is CCOC(=O)N1c2ccc(OC)nc2[C@H](C2N=CC(I)=CN2Cc2cc(C(F)(F)F)cc(C(F)(F)F)c2)C[C@@]1(N)CC. The van der Waals surface area contributed by atoms with Crippen molar-refractivity contribution < 1.29 is 40.6 Å². The lowest BCUT2D eigenvalue weighted by Crippen LogP contribution is -2.63. The third-order valence-electron chi connectivity index (χ3n) is 7.11. The number of methoxy groups -OCH3 is 1. The predicted molar refractivity (Wildman–Crippen MR) is 151 cm³/mol. The second-order valence-electron chi connectivity index (χ2n) is 9.85. The molecule has 0 saturated carbocycles. The standard InChI is InChI=1S/C27H28F6IN5O3/c1-4-25(35)11-19(22-20(6-7-21(37-22)41-3)39(25)24(40)42-5-2)23-36-12-18(34)14-38(23)13-15-8-16(26(28,29)30)10-17(9-15)27(31,32)33/h6-10,12,14,19,23H,4-5,11,13,35H2,1-3H3/t19-,23?,25-/m1/s1. The summed E-state index contributed by atoms with van der Waals surface area (Å²) in [5, 5.41) is 0. The number of hydrogen-bond acceptors (Lipinski definition) is 7. The Labute approximate surface area is 251 Å². The number of carbonyl (C=O) groups excluding carboxylic acids is 1. The van der Waals surface area contributed by atoms with Gasteiger partial charge in [-0.05, 0) is 72.2 Å². The maximum Gasteiger partial charge on any atom is 0.416 e. The van der Waals surface area contributed by atoms with Gasteiger partial charge in [-0.15, -0.1) is 0 Å². The Hall–Kier alpha value is -3.08. The van der Waals surface area contributed by atoms with Gasteiger partial charge in [0.15, 0.2) is 0 Å². The van der Waals surface area contributed by atoms with E-state index in [1.807, 2.05) is 22.6 Å². The molecule has 2 aliphatic rings. The number of aromatic nitrogens is 1. The molecule has 3 atom stereocenters. The Morgan fingerprint density at radius 1 is 1.12 bits per heavy atom. The molecule has 0 spiro atoms. The monoisotopic (exact) mass is 711 g/mol. The molecule has 0 aliphatic carbocycles. The van der Waals surface area contributed by atoms with E-state index in [0.29, 0.717) is 33.5 Å². The van der Waals surface area contributed by atoms with Gasteiger partial charge in [-0.3, -0.25) is 9.89 Å². The molecule has 0 fully saturated rings. The zero-order valence-corrected chi connectivity index (χ0v) is 24.9. The summed E-state index contributed by atoms with van der Waals surface area (Å²) in [5.41, 5.74) is 3.22. The maximum absolute atomic E-state index is 13.6. The number of allylic oxidation sites excluding steroid dienone is 1. The lowest BCUT2D eigenvalue weighted by atomic mass is 9.81. The van der Waals surface area contributed by atoms with Crippen LogP contribution in [0.4, 0.5) is 36.8 Å². The number of aliphatic imine (C=N–C) groups is 1. The van der Waals surface area contributed by atoms with Crippen molar-refractivity contribution in [2.24, 2.45) is 10.7 Å². The van der Waals surface area contributed by atoms with Crippen molar-refractivity contribution in [2.45, 2.75) is 63.3 Å². The van der Waals surface area contributed by atoms with Crippen molar-refractivity contribution in [1.82, 2.24) is 9.88 Å². The Balaban J connectivity index is 1.83. The summed E-state index contributed by atoms with van der Waals surface area (Å²) in [4.78, 5) is 25.2. The number of nitrogens with two attached hydrogens (primary N) is 1. The van der Waals surface area contributed by atoms with Crippen LogP contribution < -0.4 is 15.4 Å². The predicted octanol–water partition coefficient (Wildman–Crippen LogP) is 6.83. The molecule has 0 saturated heterocycles. The highest BCUT2D eigenvalue weighted by Crippen LogP contribution is 2.47. The number of alkyl halides is 6. The lowest BCUT2D eigenvalue weighted by molar-refractivity contribution is -0.143. The van der Waals surface area contributed by atoms with Gasteiger partial charge in [0.05, 0.1) is 41.9 Å². The smallest absolute Gasteiger partial charge is 0.416 e. The molecule has 4 rings (SSSR count). The van der Waals surface area contributed by atoms with Crippen molar-refractivity contribution >= 4 is 40.6 Å². The molecule has 0 bridgehead atoms. The minimum Gasteiger partial charge on any atom is -0.481 e. The van der Waals surface area contributed by atoms with Crippen LogP contribution in [0.1, 0.15) is 55.0 Å². The van der Waals surface area contributed by atoms with Crippen molar-refractivity contribution in [3.8, 4) is 5.88 Å². The van der Waals surface area contributed by atoms with Gasteiger partial charge in [-0.1, -0.05) is 6.92 Å². The highest BCUT2D eigenvalue weighted by molar-refractivity contribution is 14.1. The first-order valence-corrected chi connectivity index (χ1v) is 13.9. The molecule has 3 heterocycles. The highest BCUT2D eigenvalue weighted by atomic mass is 127. The van der Waals surface area contributed by atoms with Crippen LogP contribution in [0.5, 0.6) is 5.88 Å². The van der Waals surface area contributed by atoms with Gasteiger partial charge in [0.25, 0.3) is 0 Å². The van der Waals surface area contributed by atoms with Crippen LogP contribution in [0.2, 0.25) is 0 Å². The second-order valence-corrected chi connectivity index (χ2v) is 11.1. The number of nitrogens with zero attached hydrogens (tertiary/aromatic N) is 4. The molecule has 1 amide bonds. The number of ether oxygens (including phenoxy) is 2. The molecule has 8 nitrogen and oxygen atoms in total. The molecule has 1 aromatic heterocycles. The van der Waals surface area contributed by atoms with Gasteiger partial charge in [0, 0.05) is 34.5 Å². The van der Waals surface area contributed by atoms with Gasteiger partial charge >= 0.3 is 18.4 Å². The third kappa shape index (κ3) is 6.45. The third-order valence-corrected chi connectivity index (χ3v) is 7.67. The van der Waals surface area contributed by atoms with Crippen LogP contribution in [0.3, 0.4) is 0 Å². The number of fused-ring (bicyclic) bond motifs is 1.